The van der Waals surface area contributed by atoms with Crippen LogP contribution in [0.1, 0.15) is 50.3 Å². The van der Waals surface area contributed by atoms with Gasteiger partial charge in [0.2, 0.25) is 5.13 Å². The summed E-state index contributed by atoms with van der Waals surface area (Å²) in [5.74, 6) is -1.10. The quantitative estimate of drug-likeness (QED) is 0.437. The minimum absolute atomic E-state index is 0.0800. The number of rotatable bonds is 8. The van der Waals surface area contributed by atoms with E-state index in [4.69, 9.17) is 10.2 Å². The van der Waals surface area contributed by atoms with Crippen molar-refractivity contribution in [3.8, 4) is 0 Å². The van der Waals surface area contributed by atoms with Crippen molar-refractivity contribution < 1.29 is 24.6 Å². The Kier molecular flexibility index (Phi) is 7.52. The van der Waals surface area contributed by atoms with E-state index in [1.54, 1.807) is 11.3 Å². The molecule has 0 aromatic carbocycles. The van der Waals surface area contributed by atoms with Crippen molar-refractivity contribution >= 4 is 45.7 Å². The van der Waals surface area contributed by atoms with Crippen molar-refractivity contribution in [3.63, 3.8) is 0 Å². The first-order valence-corrected chi connectivity index (χ1v) is 11.4. The molecule has 0 radical (unpaired) electrons. The number of amides is 1. The monoisotopic (exact) mass is 464 g/mol. The lowest BCUT2D eigenvalue weighted by atomic mass is 10.1. The lowest BCUT2D eigenvalue weighted by Gasteiger charge is -2.02. The highest BCUT2D eigenvalue weighted by molar-refractivity contribution is 7.16. The molecule has 0 unspecified atom stereocenters. The highest BCUT2D eigenvalue weighted by Gasteiger charge is 2.40. The maximum absolute atomic E-state index is 12.4. The second-order valence-corrected chi connectivity index (χ2v) is 9.95. The molecule has 2 heterocycles. The fourth-order valence-corrected chi connectivity index (χ4v) is 4.60. The van der Waals surface area contributed by atoms with Gasteiger partial charge in [-0.2, -0.15) is 0 Å². The predicted octanol–water partition coefficient (Wildman–Crippen LogP) is 3.04. The normalized spacial score (nSPS) is 19.5. The van der Waals surface area contributed by atoms with Crippen LogP contribution in [-0.2, 0) is 9.59 Å². The third-order valence-electron chi connectivity index (χ3n) is 4.85. The van der Waals surface area contributed by atoms with Gasteiger partial charge in [0.25, 0.3) is 5.91 Å². The number of aromatic nitrogens is 2. The van der Waals surface area contributed by atoms with Gasteiger partial charge in [-0.3, -0.25) is 10.1 Å². The molecule has 11 heteroatoms. The first-order valence-electron chi connectivity index (χ1n) is 9.82. The van der Waals surface area contributed by atoms with E-state index in [-0.39, 0.29) is 5.91 Å². The third kappa shape index (κ3) is 7.23. The molecular weight excluding hydrogens is 440 g/mol. The van der Waals surface area contributed by atoms with E-state index in [1.807, 2.05) is 6.92 Å². The molecule has 2 atom stereocenters. The number of nitrogens with zero attached hydrogens (tertiary/aromatic N) is 2. The summed E-state index contributed by atoms with van der Waals surface area (Å²) in [7, 11) is 0. The van der Waals surface area contributed by atoms with Crippen LogP contribution in [0.25, 0.3) is 0 Å². The fraction of sp³-hybridized carbons (Fsp3) is 0.450. The van der Waals surface area contributed by atoms with E-state index in [1.165, 1.54) is 41.0 Å². The number of carboxylic acids is 2. The Morgan fingerprint density at radius 1 is 1.13 bits per heavy atom. The molecule has 0 bridgehead atoms. The van der Waals surface area contributed by atoms with Gasteiger partial charge in [-0.1, -0.05) is 11.3 Å². The smallest absolute Gasteiger partial charge is 0.328 e. The number of aliphatic carboxylic acids is 2. The minimum atomic E-state index is -1.26. The van der Waals surface area contributed by atoms with Crippen LogP contribution in [0.15, 0.2) is 18.2 Å². The van der Waals surface area contributed by atoms with Crippen LogP contribution in [0, 0.1) is 19.8 Å². The van der Waals surface area contributed by atoms with Gasteiger partial charge in [0.15, 0.2) is 0 Å². The molecule has 2 aliphatic rings. The number of anilines is 1. The zero-order chi connectivity index (χ0) is 22.5. The zero-order valence-corrected chi connectivity index (χ0v) is 18.8. The third-order valence-corrected chi connectivity index (χ3v) is 6.67. The molecule has 2 fully saturated rings. The van der Waals surface area contributed by atoms with E-state index in [0.717, 1.165) is 22.3 Å². The summed E-state index contributed by atoms with van der Waals surface area (Å²) in [6.45, 7) is 5.15. The number of carbonyl (C=O) groups excluding carboxylic acids is 1. The molecule has 0 aliphatic heterocycles. The van der Waals surface area contributed by atoms with Crippen LogP contribution in [-0.4, -0.2) is 50.8 Å². The van der Waals surface area contributed by atoms with Gasteiger partial charge in [-0.25, -0.2) is 9.59 Å². The summed E-state index contributed by atoms with van der Waals surface area (Å²) < 4.78 is 0. The van der Waals surface area contributed by atoms with Gasteiger partial charge in [0.1, 0.15) is 5.01 Å². The van der Waals surface area contributed by atoms with Crippen LogP contribution in [0.4, 0.5) is 5.13 Å². The Morgan fingerprint density at radius 3 is 2.35 bits per heavy atom. The van der Waals surface area contributed by atoms with Crippen molar-refractivity contribution in [2.24, 2.45) is 5.92 Å². The van der Waals surface area contributed by atoms with Crippen molar-refractivity contribution in [1.29, 1.82) is 0 Å². The molecule has 31 heavy (non-hydrogen) atoms. The number of hydrogen-bond acceptors (Lipinski definition) is 8. The molecule has 0 spiro atoms. The summed E-state index contributed by atoms with van der Waals surface area (Å²) >= 11 is 2.97. The number of aryl methyl sites for hydroxylation is 2. The van der Waals surface area contributed by atoms with Gasteiger partial charge in [0.05, 0.1) is 4.88 Å². The lowest BCUT2D eigenvalue weighted by molar-refractivity contribution is -0.134. The first-order chi connectivity index (χ1) is 14.7. The van der Waals surface area contributed by atoms with Gasteiger partial charge in [-0.05, 0) is 57.2 Å². The van der Waals surface area contributed by atoms with E-state index < -0.39 is 11.9 Å². The summed E-state index contributed by atoms with van der Waals surface area (Å²) in [5, 5.41) is 31.4. The van der Waals surface area contributed by atoms with E-state index >= 15 is 0 Å². The standard InChI is InChI=1S/C16H20N4OS2.C4H4O4/c1-8-11(12-5-13(12)17-7-10-3-4-10)6-14(22-8)15(21)18-16-20-19-9(2)23-16;5-3(6)1-2-4(7)8/h6,10,12-13,17H,3-5,7H2,1-2H3,(H,18,20,21);1-2H,(H,5,6)(H,7,8)/t12-,13+;/m1./s1. The van der Waals surface area contributed by atoms with Gasteiger partial charge >= 0.3 is 11.9 Å². The maximum Gasteiger partial charge on any atom is 0.328 e. The van der Waals surface area contributed by atoms with E-state index in [0.29, 0.717) is 29.2 Å². The van der Waals surface area contributed by atoms with Gasteiger partial charge in [-0.15, -0.1) is 21.5 Å². The van der Waals surface area contributed by atoms with Crippen LogP contribution in [0.3, 0.4) is 0 Å². The summed E-state index contributed by atoms with van der Waals surface area (Å²) in [6, 6.07) is 2.66. The average molecular weight is 465 g/mol. The Hall–Kier alpha value is -2.63. The molecule has 2 saturated carbocycles. The zero-order valence-electron chi connectivity index (χ0n) is 17.1. The predicted molar refractivity (Wildman–Crippen MR) is 118 cm³/mol. The largest absolute Gasteiger partial charge is 0.478 e. The summed E-state index contributed by atoms with van der Waals surface area (Å²) in [5.41, 5.74) is 1.34. The summed E-state index contributed by atoms with van der Waals surface area (Å²) in [4.78, 5) is 33.5. The van der Waals surface area contributed by atoms with Gasteiger partial charge < -0.3 is 15.5 Å². The highest BCUT2D eigenvalue weighted by Crippen LogP contribution is 2.45. The number of thiophene rings is 1. The number of nitrogens with one attached hydrogen (secondary N) is 2. The molecule has 1 amide bonds. The van der Waals surface area contributed by atoms with Crippen LogP contribution >= 0.6 is 22.7 Å². The molecule has 4 rings (SSSR count). The Labute approximate surface area is 187 Å². The van der Waals surface area contributed by atoms with Crippen molar-refractivity contribution in [3.05, 3.63) is 38.5 Å². The molecular formula is C20H24N4O5S2. The minimum Gasteiger partial charge on any atom is -0.478 e. The number of carbonyl (C=O) groups is 3. The maximum atomic E-state index is 12.4. The Morgan fingerprint density at radius 2 is 1.81 bits per heavy atom. The van der Waals surface area contributed by atoms with E-state index in [2.05, 4.69) is 33.8 Å². The van der Waals surface area contributed by atoms with Crippen LogP contribution < -0.4 is 10.6 Å². The number of hydrogen-bond donors (Lipinski definition) is 4. The topological polar surface area (TPSA) is 142 Å². The summed E-state index contributed by atoms with van der Waals surface area (Å²) in [6.07, 6.45) is 5.08. The SMILES string of the molecule is Cc1nnc(NC(=O)c2cc([C@H]3C[C@@H]3NCC3CC3)c(C)s2)s1.O=C(O)C=CC(=O)O. The Bertz CT molecular complexity index is 980. The highest BCUT2D eigenvalue weighted by atomic mass is 32.1. The van der Waals surface area contributed by atoms with Gasteiger partial charge in [0, 0.05) is 29.0 Å². The molecule has 2 aromatic heterocycles. The molecule has 0 saturated heterocycles. The first kappa shape index (κ1) is 23.0. The second kappa shape index (κ2) is 10.1. The van der Waals surface area contributed by atoms with Crippen LogP contribution in [0.5, 0.6) is 0 Å². The molecule has 9 nitrogen and oxygen atoms in total. The van der Waals surface area contributed by atoms with Crippen LogP contribution in [0.2, 0.25) is 0 Å². The molecule has 4 N–H and O–H groups in total. The van der Waals surface area contributed by atoms with E-state index in [9.17, 15) is 14.4 Å². The lowest BCUT2D eigenvalue weighted by Crippen LogP contribution is -2.20. The van der Waals surface area contributed by atoms with Crippen molar-refractivity contribution in [1.82, 2.24) is 15.5 Å². The average Bonchev–Trinajstić information content (AvgIpc) is 3.60. The second-order valence-electron chi connectivity index (χ2n) is 7.51. The Balaban J connectivity index is 0.000000293. The van der Waals surface area contributed by atoms with Crippen molar-refractivity contribution in [2.75, 3.05) is 11.9 Å². The van der Waals surface area contributed by atoms with Crippen molar-refractivity contribution in [2.45, 2.75) is 45.1 Å². The number of carboxylic acid groups (broad SMARTS) is 2. The molecule has 2 aromatic rings. The molecule has 166 valence electrons. The molecule has 2 aliphatic carbocycles. The fourth-order valence-electron chi connectivity index (χ4n) is 3.03.